The maximum atomic E-state index is 11.7. The summed E-state index contributed by atoms with van der Waals surface area (Å²) in [6.07, 6.45) is 1.81. The molecule has 20 heavy (non-hydrogen) atoms. The second kappa shape index (κ2) is 6.56. The van der Waals surface area contributed by atoms with Gasteiger partial charge in [0.2, 0.25) is 0 Å². The number of nitrogens with one attached hydrogen (secondary N) is 3. The van der Waals surface area contributed by atoms with E-state index in [1.807, 2.05) is 56.4 Å². The Morgan fingerprint density at radius 2 is 2.00 bits per heavy atom. The Bertz CT molecular complexity index is 585. The van der Waals surface area contributed by atoms with Crippen LogP contribution in [0, 0.1) is 6.92 Å². The number of aryl methyl sites for hydroxylation is 1. The molecular weight excluding hydrogens is 252 g/mol. The van der Waals surface area contributed by atoms with Crippen molar-refractivity contribution in [3.05, 3.63) is 53.9 Å². The number of hydrogen-bond acceptors (Lipinski definition) is 3. The van der Waals surface area contributed by atoms with Crippen LogP contribution in [0.1, 0.15) is 18.2 Å². The van der Waals surface area contributed by atoms with Gasteiger partial charge in [-0.2, -0.15) is 5.10 Å². The molecule has 0 unspecified atom stereocenters. The molecule has 0 atom stereocenters. The molecule has 0 radical (unpaired) electrons. The smallest absolute Gasteiger partial charge is 0.259 e. The van der Waals surface area contributed by atoms with Gasteiger partial charge in [-0.05, 0) is 38.1 Å². The molecule has 5 nitrogen and oxygen atoms in total. The Labute approximate surface area is 118 Å². The lowest BCUT2D eigenvalue weighted by atomic mass is 10.2. The van der Waals surface area contributed by atoms with Crippen molar-refractivity contribution >= 4 is 17.3 Å². The third-order valence-corrected chi connectivity index (χ3v) is 2.84. The largest absolute Gasteiger partial charge is 0.376 e. The highest BCUT2D eigenvalue weighted by Crippen LogP contribution is 2.07. The number of hydrogen-bond donors (Lipinski definition) is 3. The van der Waals surface area contributed by atoms with E-state index in [1.54, 1.807) is 0 Å². The highest BCUT2D eigenvalue weighted by Gasteiger charge is 2.01. The fourth-order valence-electron chi connectivity index (χ4n) is 1.66. The first-order chi connectivity index (χ1) is 9.65. The maximum absolute atomic E-state index is 11.7. The number of rotatable bonds is 5. The third kappa shape index (κ3) is 3.98. The van der Waals surface area contributed by atoms with Gasteiger partial charge in [0.1, 0.15) is 0 Å². The number of amides is 1. The second-order valence-corrected chi connectivity index (χ2v) is 4.54. The van der Waals surface area contributed by atoms with E-state index in [2.05, 4.69) is 20.8 Å². The number of nitrogens with zero attached hydrogens (tertiary/aromatic N) is 1. The molecule has 2 aromatic rings. The van der Waals surface area contributed by atoms with Crippen molar-refractivity contribution in [2.24, 2.45) is 5.10 Å². The van der Waals surface area contributed by atoms with Crippen molar-refractivity contribution in [1.29, 1.82) is 0 Å². The van der Waals surface area contributed by atoms with Crippen LogP contribution in [0.2, 0.25) is 0 Å². The molecule has 0 fully saturated rings. The van der Waals surface area contributed by atoms with Gasteiger partial charge in [-0.25, -0.2) is 5.43 Å². The monoisotopic (exact) mass is 270 g/mol. The van der Waals surface area contributed by atoms with Gasteiger partial charge in [0.15, 0.2) is 0 Å². The zero-order chi connectivity index (χ0) is 14.4. The van der Waals surface area contributed by atoms with Gasteiger partial charge in [0, 0.05) is 11.9 Å². The normalized spacial score (nSPS) is 11.2. The number of H-pyrrole nitrogens is 1. The average Bonchev–Trinajstić information content (AvgIpc) is 2.98. The Hall–Kier alpha value is -2.56. The molecular formula is C15H18N4O. The fourth-order valence-corrected chi connectivity index (χ4v) is 1.66. The van der Waals surface area contributed by atoms with E-state index >= 15 is 0 Å². The predicted octanol–water partition coefficient (Wildman–Crippen LogP) is 2.28. The van der Waals surface area contributed by atoms with E-state index in [0.29, 0.717) is 0 Å². The van der Waals surface area contributed by atoms with Gasteiger partial charge in [0.05, 0.1) is 18.0 Å². The Morgan fingerprint density at radius 1 is 1.25 bits per heavy atom. The van der Waals surface area contributed by atoms with Crippen LogP contribution in [0.3, 0.4) is 0 Å². The molecule has 5 heteroatoms. The van der Waals surface area contributed by atoms with Crippen LogP contribution in [0.5, 0.6) is 0 Å². The molecule has 0 saturated heterocycles. The topological polar surface area (TPSA) is 69.3 Å². The number of benzene rings is 1. The molecule has 1 heterocycles. The van der Waals surface area contributed by atoms with Gasteiger partial charge in [-0.3, -0.25) is 4.79 Å². The minimum Gasteiger partial charge on any atom is -0.376 e. The number of hydrazone groups is 1. The lowest BCUT2D eigenvalue weighted by molar-refractivity contribution is -0.119. The molecule has 0 spiro atoms. The lowest BCUT2D eigenvalue weighted by Gasteiger charge is -2.06. The third-order valence-electron chi connectivity index (χ3n) is 2.84. The molecule has 0 bridgehead atoms. The van der Waals surface area contributed by atoms with Gasteiger partial charge in [-0.15, -0.1) is 0 Å². The minimum absolute atomic E-state index is 0.184. The van der Waals surface area contributed by atoms with Crippen molar-refractivity contribution in [2.75, 3.05) is 11.9 Å². The number of anilines is 1. The first kappa shape index (κ1) is 13.9. The van der Waals surface area contributed by atoms with Crippen LogP contribution in [0.25, 0.3) is 0 Å². The molecule has 0 aliphatic rings. The van der Waals surface area contributed by atoms with Crippen LogP contribution < -0.4 is 10.7 Å². The van der Waals surface area contributed by atoms with Crippen molar-refractivity contribution in [2.45, 2.75) is 13.8 Å². The minimum atomic E-state index is -0.184. The lowest BCUT2D eigenvalue weighted by Crippen LogP contribution is -2.26. The molecule has 1 amide bonds. The molecule has 0 saturated carbocycles. The number of carbonyl (C=O) groups is 1. The molecule has 0 aliphatic carbocycles. The van der Waals surface area contributed by atoms with E-state index < -0.39 is 0 Å². The Kier molecular flexibility index (Phi) is 4.55. The average molecular weight is 270 g/mol. The quantitative estimate of drug-likeness (QED) is 0.576. The maximum Gasteiger partial charge on any atom is 0.259 e. The highest BCUT2D eigenvalue weighted by molar-refractivity contribution is 5.97. The van der Waals surface area contributed by atoms with E-state index in [9.17, 15) is 4.79 Å². The fraction of sp³-hybridized carbons (Fsp3) is 0.200. The molecule has 1 aromatic heterocycles. The van der Waals surface area contributed by atoms with E-state index in [4.69, 9.17) is 0 Å². The van der Waals surface area contributed by atoms with Crippen LogP contribution in [-0.4, -0.2) is 23.1 Å². The summed E-state index contributed by atoms with van der Waals surface area (Å²) in [7, 11) is 0. The molecule has 1 aromatic carbocycles. The first-order valence-corrected chi connectivity index (χ1v) is 6.42. The standard InChI is InChI=1S/C15H18N4O/c1-11-5-7-13(8-6-11)17-10-15(20)19-18-12(2)14-4-3-9-16-14/h3-9,16-17H,10H2,1-2H3,(H,19,20)/b18-12+. The Morgan fingerprint density at radius 3 is 2.65 bits per heavy atom. The van der Waals surface area contributed by atoms with E-state index in [1.165, 1.54) is 5.56 Å². The van der Waals surface area contributed by atoms with Crippen LogP contribution in [0.4, 0.5) is 5.69 Å². The predicted molar refractivity (Wildman–Crippen MR) is 80.8 cm³/mol. The van der Waals surface area contributed by atoms with Gasteiger partial charge >= 0.3 is 0 Å². The van der Waals surface area contributed by atoms with Crippen molar-refractivity contribution in [1.82, 2.24) is 10.4 Å². The summed E-state index contributed by atoms with van der Waals surface area (Å²) in [5, 5.41) is 7.08. The number of aromatic nitrogens is 1. The van der Waals surface area contributed by atoms with Gasteiger partial charge in [0.25, 0.3) is 5.91 Å². The Balaban J connectivity index is 1.81. The summed E-state index contributed by atoms with van der Waals surface area (Å²) in [5.74, 6) is -0.184. The number of carbonyl (C=O) groups excluding carboxylic acids is 1. The molecule has 104 valence electrons. The van der Waals surface area contributed by atoms with E-state index in [0.717, 1.165) is 17.1 Å². The molecule has 3 N–H and O–H groups in total. The summed E-state index contributed by atoms with van der Waals surface area (Å²) in [6.45, 7) is 4.04. The van der Waals surface area contributed by atoms with Gasteiger partial charge < -0.3 is 10.3 Å². The highest BCUT2D eigenvalue weighted by atomic mass is 16.2. The van der Waals surface area contributed by atoms with Crippen LogP contribution in [-0.2, 0) is 4.79 Å². The van der Waals surface area contributed by atoms with E-state index in [-0.39, 0.29) is 12.5 Å². The molecule has 0 aliphatic heterocycles. The zero-order valence-corrected chi connectivity index (χ0v) is 11.6. The summed E-state index contributed by atoms with van der Waals surface area (Å²) >= 11 is 0. The number of aromatic amines is 1. The van der Waals surface area contributed by atoms with Crippen molar-refractivity contribution in [3.8, 4) is 0 Å². The molecule has 2 rings (SSSR count). The first-order valence-electron chi connectivity index (χ1n) is 6.42. The SMILES string of the molecule is C/C(=N\NC(=O)CNc1ccc(C)cc1)c1ccc[nH]1. The van der Waals surface area contributed by atoms with Crippen LogP contribution in [0.15, 0.2) is 47.7 Å². The summed E-state index contributed by atoms with van der Waals surface area (Å²) in [5.41, 5.74) is 6.24. The summed E-state index contributed by atoms with van der Waals surface area (Å²) in [4.78, 5) is 14.7. The van der Waals surface area contributed by atoms with Crippen molar-refractivity contribution < 1.29 is 4.79 Å². The van der Waals surface area contributed by atoms with Crippen LogP contribution >= 0.6 is 0 Å². The van der Waals surface area contributed by atoms with Gasteiger partial charge in [-0.1, -0.05) is 17.7 Å². The van der Waals surface area contributed by atoms with Crippen molar-refractivity contribution in [3.63, 3.8) is 0 Å². The second-order valence-electron chi connectivity index (χ2n) is 4.54. The zero-order valence-electron chi connectivity index (χ0n) is 11.6. The summed E-state index contributed by atoms with van der Waals surface area (Å²) in [6, 6.07) is 11.7. The summed E-state index contributed by atoms with van der Waals surface area (Å²) < 4.78 is 0.